The van der Waals surface area contributed by atoms with Gasteiger partial charge in [-0.2, -0.15) is 0 Å². The minimum Gasteiger partial charge on any atom is -0.384 e. The first-order valence-electron chi connectivity index (χ1n) is 6.74. The molecule has 3 nitrogen and oxygen atoms in total. The Labute approximate surface area is 118 Å². The Morgan fingerprint density at radius 1 is 1.42 bits per heavy atom. The summed E-state index contributed by atoms with van der Waals surface area (Å²) < 4.78 is 0. The Morgan fingerprint density at radius 3 is 2.95 bits per heavy atom. The molecule has 19 heavy (non-hydrogen) atoms. The zero-order chi connectivity index (χ0) is 13.5. The highest BCUT2D eigenvalue weighted by Gasteiger charge is 2.20. The molecular weight excluding hydrogens is 258 g/mol. The summed E-state index contributed by atoms with van der Waals surface area (Å²) in [5.41, 5.74) is 0.904. The van der Waals surface area contributed by atoms with E-state index in [-0.39, 0.29) is 18.4 Å². The third kappa shape index (κ3) is 4.38. The van der Waals surface area contributed by atoms with Crippen molar-refractivity contribution >= 4 is 17.2 Å². The summed E-state index contributed by atoms with van der Waals surface area (Å²) in [6.45, 7) is 0.463. The summed E-state index contributed by atoms with van der Waals surface area (Å²) in [6, 6.07) is 1.97. The summed E-state index contributed by atoms with van der Waals surface area (Å²) in [5, 5.41) is 13.6. The maximum atomic E-state index is 12.0. The fourth-order valence-corrected chi connectivity index (χ4v) is 3.12. The zero-order valence-corrected chi connectivity index (χ0v) is 11.8. The first-order chi connectivity index (χ1) is 9.29. The molecule has 1 saturated carbocycles. The molecule has 102 valence electrons. The van der Waals surface area contributed by atoms with E-state index in [2.05, 4.69) is 17.2 Å². The van der Waals surface area contributed by atoms with Gasteiger partial charge in [0.1, 0.15) is 6.61 Å². The Balaban J connectivity index is 1.81. The number of nitrogens with one attached hydrogen (secondary N) is 1. The molecule has 4 heteroatoms. The first kappa shape index (κ1) is 14.1. The smallest absolute Gasteiger partial charge is 0.223 e. The normalized spacial score (nSPS) is 15.6. The maximum absolute atomic E-state index is 12.0. The molecule has 0 aromatic carbocycles. The number of carbonyl (C=O) groups is 1. The van der Waals surface area contributed by atoms with E-state index in [0.29, 0.717) is 6.54 Å². The summed E-state index contributed by atoms with van der Waals surface area (Å²) in [4.78, 5) is 13.1. The second kappa shape index (κ2) is 7.32. The largest absolute Gasteiger partial charge is 0.384 e. The lowest BCUT2D eigenvalue weighted by molar-refractivity contribution is -0.126. The van der Waals surface area contributed by atoms with Crippen molar-refractivity contribution in [3.63, 3.8) is 0 Å². The van der Waals surface area contributed by atoms with Gasteiger partial charge in [-0.25, -0.2) is 0 Å². The molecule has 0 atom stereocenters. The monoisotopic (exact) mass is 277 g/mol. The molecule has 1 aliphatic rings. The van der Waals surface area contributed by atoms with Gasteiger partial charge in [0.25, 0.3) is 0 Å². The lowest BCUT2D eigenvalue weighted by Crippen LogP contribution is -2.31. The lowest BCUT2D eigenvalue weighted by atomic mass is 9.89. The van der Waals surface area contributed by atoms with Crippen molar-refractivity contribution in [2.45, 2.75) is 38.6 Å². The van der Waals surface area contributed by atoms with Gasteiger partial charge in [0, 0.05) is 21.7 Å². The summed E-state index contributed by atoms with van der Waals surface area (Å²) >= 11 is 1.59. The van der Waals surface area contributed by atoms with E-state index in [1.807, 2.05) is 11.4 Å². The number of rotatable bonds is 3. The molecule has 0 aliphatic heterocycles. The highest BCUT2D eigenvalue weighted by Crippen LogP contribution is 2.23. The van der Waals surface area contributed by atoms with Gasteiger partial charge in [-0.15, -0.1) is 11.3 Å². The van der Waals surface area contributed by atoms with Crippen molar-refractivity contribution in [1.29, 1.82) is 0 Å². The second-order valence-corrected chi connectivity index (χ2v) is 5.81. The molecule has 0 spiro atoms. The predicted molar refractivity (Wildman–Crippen MR) is 76.7 cm³/mol. The molecule has 1 amide bonds. The Hall–Kier alpha value is -1.31. The molecule has 0 unspecified atom stereocenters. The van der Waals surface area contributed by atoms with E-state index in [4.69, 9.17) is 5.11 Å². The number of hydrogen-bond acceptors (Lipinski definition) is 3. The van der Waals surface area contributed by atoms with Crippen molar-refractivity contribution in [2.24, 2.45) is 5.92 Å². The van der Waals surface area contributed by atoms with Crippen molar-refractivity contribution in [3.8, 4) is 11.8 Å². The van der Waals surface area contributed by atoms with Crippen LogP contribution in [0.5, 0.6) is 0 Å². The first-order valence-corrected chi connectivity index (χ1v) is 7.62. The number of thiophene rings is 1. The molecule has 1 heterocycles. The predicted octanol–water partition coefficient (Wildman–Crippen LogP) is 2.29. The topological polar surface area (TPSA) is 49.3 Å². The lowest BCUT2D eigenvalue weighted by Gasteiger charge is -2.20. The van der Waals surface area contributed by atoms with Crippen molar-refractivity contribution in [2.75, 3.05) is 6.61 Å². The molecule has 2 rings (SSSR count). The van der Waals surface area contributed by atoms with Crippen LogP contribution in [0.1, 0.15) is 42.5 Å². The van der Waals surface area contributed by atoms with Crippen molar-refractivity contribution in [1.82, 2.24) is 5.32 Å². The molecule has 1 aliphatic carbocycles. The van der Waals surface area contributed by atoms with Gasteiger partial charge in [0.2, 0.25) is 5.91 Å². The summed E-state index contributed by atoms with van der Waals surface area (Å²) in [6.07, 6.45) is 5.69. The highest BCUT2D eigenvalue weighted by atomic mass is 32.1. The number of carbonyl (C=O) groups excluding carboxylic acids is 1. The minimum absolute atomic E-state index is 0.121. The van der Waals surface area contributed by atoms with Gasteiger partial charge in [-0.3, -0.25) is 4.79 Å². The van der Waals surface area contributed by atoms with Gasteiger partial charge < -0.3 is 10.4 Å². The number of aliphatic hydroxyl groups excluding tert-OH is 1. The van der Waals surface area contributed by atoms with E-state index >= 15 is 0 Å². The zero-order valence-electron chi connectivity index (χ0n) is 10.9. The van der Waals surface area contributed by atoms with Gasteiger partial charge >= 0.3 is 0 Å². The molecule has 1 fully saturated rings. The number of aliphatic hydroxyl groups is 1. The van der Waals surface area contributed by atoms with Crippen LogP contribution in [0.2, 0.25) is 0 Å². The van der Waals surface area contributed by atoms with Crippen LogP contribution < -0.4 is 5.32 Å². The Morgan fingerprint density at radius 2 is 2.21 bits per heavy atom. The van der Waals surface area contributed by atoms with Gasteiger partial charge in [-0.05, 0) is 18.9 Å². The van der Waals surface area contributed by atoms with E-state index in [1.165, 1.54) is 19.3 Å². The van der Waals surface area contributed by atoms with E-state index in [0.717, 1.165) is 23.3 Å². The van der Waals surface area contributed by atoms with Gasteiger partial charge in [-0.1, -0.05) is 31.1 Å². The van der Waals surface area contributed by atoms with Crippen molar-refractivity contribution in [3.05, 3.63) is 21.9 Å². The van der Waals surface area contributed by atoms with Crippen LogP contribution in [-0.4, -0.2) is 17.6 Å². The summed E-state index contributed by atoms with van der Waals surface area (Å²) in [5.74, 6) is 5.88. The Kier molecular flexibility index (Phi) is 5.44. The van der Waals surface area contributed by atoms with Crippen LogP contribution >= 0.6 is 11.3 Å². The average molecular weight is 277 g/mol. The standard InChI is InChI=1S/C15H19NO2S/c17-8-4-5-12-9-14(19-11-12)10-16-15(18)13-6-2-1-3-7-13/h9,11,13,17H,1-3,6-8,10H2,(H,16,18). The van der Waals surface area contributed by atoms with Gasteiger partial charge in [0.05, 0.1) is 6.54 Å². The molecule has 1 aromatic heterocycles. The third-order valence-electron chi connectivity index (χ3n) is 3.38. The second-order valence-electron chi connectivity index (χ2n) is 4.81. The van der Waals surface area contributed by atoms with Crippen LogP contribution in [-0.2, 0) is 11.3 Å². The highest BCUT2D eigenvalue weighted by molar-refractivity contribution is 7.10. The van der Waals surface area contributed by atoms with E-state index in [1.54, 1.807) is 11.3 Å². The van der Waals surface area contributed by atoms with Crippen LogP contribution in [0.25, 0.3) is 0 Å². The number of hydrogen-bond donors (Lipinski definition) is 2. The molecule has 0 radical (unpaired) electrons. The minimum atomic E-state index is -0.121. The van der Waals surface area contributed by atoms with Crippen LogP contribution in [0.3, 0.4) is 0 Å². The van der Waals surface area contributed by atoms with Crippen LogP contribution in [0, 0.1) is 17.8 Å². The fourth-order valence-electron chi connectivity index (χ4n) is 2.36. The maximum Gasteiger partial charge on any atom is 0.223 e. The number of amides is 1. The van der Waals surface area contributed by atoms with Crippen molar-refractivity contribution < 1.29 is 9.90 Å². The fraction of sp³-hybridized carbons (Fsp3) is 0.533. The SMILES string of the molecule is O=C(NCc1cc(C#CCO)cs1)C1CCCCC1. The quantitative estimate of drug-likeness (QED) is 0.833. The van der Waals surface area contributed by atoms with E-state index < -0.39 is 0 Å². The average Bonchev–Trinajstić information content (AvgIpc) is 2.91. The molecule has 2 N–H and O–H groups in total. The molecule has 1 aromatic rings. The molecular formula is C15H19NO2S. The van der Waals surface area contributed by atoms with Gasteiger partial charge in [0.15, 0.2) is 0 Å². The third-order valence-corrected chi connectivity index (χ3v) is 4.32. The Bertz CT molecular complexity index is 478. The van der Waals surface area contributed by atoms with E-state index in [9.17, 15) is 4.79 Å². The van der Waals surface area contributed by atoms with Crippen LogP contribution in [0.4, 0.5) is 0 Å². The van der Waals surface area contributed by atoms with Crippen LogP contribution in [0.15, 0.2) is 11.4 Å². The molecule has 0 saturated heterocycles. The molecule has 0 bridgehead atoms. The summed E-state index contributed by atoms with van der Waals surface area (Å²) in [7, 11) is 0.